The fourth-order valence-corrected chi connectivity index (χ4v) is 7.67. The van der Waals surface area contributed by atoms with Gasteiger partial charge in [0, 0.05) is 12.8 Å². The van der Waals surface area contributed by atoms with E-state index in [0.717, 1.165) is 24.7 Å². The normalized spacial score (nSPS) is 21.2. The van der Waals surface area contributed by atoms with Crippen molar-refractivity contribution in [1.82, 2.24) is 9.21 Å². The van der Waals surface area contributed by atoms with Crippen LogP contribution in [0.2, 0.25) is 0 Å². The molecule has 34 heavy (non-hydrogen) atoms. The number of nitrogens with zero attached hydrogens (tertiary/aromatic N) is 2. The maximum Gasteiger partial charge on any atom is 0.335 e. The molecule has 2 fully saturated rings. The Morgan fingerprint density at radius 1 is 1.03 bits per heavy atom. The third-order valence-corrected chi connectivity index (χ3v) is 10.1. The van der Waals surface area contributed by atoms with Crippen LogP contribution in [0.1, 0.15) is 35.4 Å². The number of sulfone groups is 1. The number of rotatable bonds is 9. The number of hydrogen-bond donors (Lipinski definition) is 1. The number of urea groups is 1. The zero-order chi connectivity index (χ0) is 24.7. The van der Waals surface area contributed by atoms with Crippen molar-refractivity contribution in [3.63, 3.8) is 0 Å². The van der Waals surface area contributed by atoms with Crippen molar-refractivity contribution in [1.29, 1.82) is 0 Å². The maximum atomic E-state index is 13.3. The second-order valence-electron chi connectivity index (χ2n) is 9.01. The van der Waals surface area contributed by atoms with Gasteiger partial charge in [0.15, 0.2) is 14.9 Å². The molecule has 2 aromatic rings. The summed E-state index contributed by atoms with van der Waals surface area (Å²) in [6.07, 6.45) is 3.52. The Morgan fingerprint density at radius 3 is 2.18 bits per heavy atom. The molecule has 0 aromatic heterocycles. The van der Waals surface area contributed by atoms with Crippen LogP contribution in [-0.2, 0) is 31.9 Å². The molecule has 1 aliphatic heterocycles. The Balaban J connectivity index is 1.65. The second-order valence-corrected chi connectivity index (χ2v) is 13.4. The molecule has 1 atom stereocenters. The van der Waals surface area contributed by atoms with Crippen LogP contribution < -0.4 is 10.5 Å². The molecule has 2 N–H and O–H groups in total. The van der Waals surface area contributed by atoms with Gasteiger partial charge in [-0.05, 0) is 54.0 Å². The Morgan fingerprint density at radius 2 is 1.65 bits per heavy atom. The minimum Gasteiger partial charge on any atom is -0.497 e. The van der Waals surface area contributed by atoms with E-state index in [9.17, 15) is 21.6 Å². The number of benzene rings is 2. The zero-order valence-corrected chi connectivity index (χ0v) is 20.8. The van der Waals surface area contributed by atoms with Crippen LogP contribution in [0.15, 0.2) is 48.5 Å². The SMILES string of the molecule is COc1ccc(CCN2C(=O)N(S(=O)(=O)CS(C)(=O)=O)CC2(N)c2ccc(C3CC3)cc2)cc1. The molecule has 11 heteroatoms. The molecule has 2 aliphatic rings. The van der Waals surface area contributed by atoms with E-state index in [1.54, 1.807) is 19.2 Å². The standard InChI is InChI=1S/C23H29N3O6S2/c1-32-21-11-3-17(4-12-21)13-14-25-22(27)26(34(30,31)16-33(2,28)29)15-23(25,24)20-9-7-19(8-10-20)18-5-6-18/h3-4,7-12,18H,5-6,13-16,24H2,1-2H3. The molecule has 1 aliphatic carbocycles. The summed E-state index contributed by atoms with van der Waals surface area (Å²) in [6, 6.07) is 14.1. The molecule has 1 saturated carbocycles. The van der Waals surface area contributed by atoms with Gasteiger partial charge in [0.05, 0.1) is 13.7 Å². The van der Waals surface area contributed by atoms with Crippen LogP contribution in [0.5, 0.6) is 5.75 Å². The quantitative estimate of drug-likeness (QED) is 0.550. The summed E-state index contributed by atoms with van der Waals surface area (Å²) in [5.74, 6) is 1.23. The molecule has 0 spiro atoms. The van der Waals surface area contributed by atoms with Crippen LogP contribution in [0, 0.1) is 0 Å². The molecule has 4 rings (SSSR count). The summed E-state index contributed by atoms with van der Waals surface area (Å²) in [7, 11) is -6.74. The molecule has 0 bridgehead atoms. The molecule has 2 aromatic carbocycles. The zero-order valence-electron chi connectivity index (χ0n) is 19.2. The van der Waals surface area contributed by atoms with Crippen molar-refractivity contribution in [2.24, 2.45) is 5.73 Å². The van der Waals surface area contributed by atoms with Crippen LogP contribution in [0.25, 0.3) is 0 Å². The summed E-state index contributed by atoms with van der Waals surface area (Å²) < 4.78 is 54.9. The maximum absolute atomic E-state index is 13.3. The highest BCUT2D eigenvalue weighted by Crippen LogP contribution is 2.41. The summed E-state index contributed by atoms with van der Waals surface area (Å²) in [5, 5.41) is -1.16. The first kappa shape index (κ1) is 24.5. The Kier molecular flexibility index (Phi) is 6.38. The summed E-state index contributed by atoms with van der Waals surface area (Å²) in [4.78, 5) is 14.6. The first-order chi connectivity index (χ1) is 15.9. The molecule has 1 unspecified atom stereocenters. The van der Waals surface area contributed by atoms with Crippen molar-refractivity contribution in [2.75, 3.05) is 31.5 Å². The number of carbonyl (C=O) groups excluding carboxylic acids is 1. The molecular formula is C23H29N3O6S2. The molecule has 1 heterocycles. The predicted octanol–water partition coefficient (Wildman–Crippen LogP) is 2.00. The number of amides is 2. The summed E-state index contributed by atoms with van der Waals surface area (Å²) in [5.41, 5.74) is 8.00. The molecule has 184 valence electrons. The molecule has 2 amide bonds. The lowest BCUT2D eigenvalue weighted by atomic mass is 9.97. The van der Waals surface area contributed by atoms with E-state index in [1.807, 2.05) is 36.4 Å². The van der Waals surface area contributed by atoms with Gasteiger partial charge < -0.3 is 10.5 Å². The van der Waals surface area contributed by atoms with Gasteiger partial charge in [0.1, 0.15) is 11.4 Å². The lowest BCUT2D eigenvalue weighted by Crippen LogP contribution is -2.52. The van der Waals surface area contributed by atoms with Crippen LogP contribution in [0.4, 0.5) is 4.79 Å². The van der Waals surface area contributed by atoms with Crippen molar-refractivity contribution in [3.8, 4) is 5.75 Å². The van der Waals surface area contributed by atoms with Gasteiger partial charge in [-0.3, -0.25) is 4.90 Å². The molecule has 0 radical (unpaired) electrons. The average Bonchev–Trinajstić information content (AvgIpc) is 3.58. The van der Waals surface area contributed by atoms with E-state index in [2.05, 4.69) is 0 Å². The Hall–Kier alpha value is -2.63. The first-order valence-corrected chi connectivity index (χ1v) is 14.6. The first-order valence-electron chi connectivity index (χ1n) is 10.9. The van der Waals surface area contributed by atoms with E-state index in [1.165, 1.54) is 10.5 Å². The van der Waals surface area contributed by atoms with E-state index in [4.69, 9.17) is 10.5 Å². The topological polar surface area (TPSA) is 127 Å². The Bertz CT molecular complexity index is 1270. The fourth-order valence-electron chi connectivity index (χ4n) is 4.26. The fraction of sp³-hybridized carbons (Fsp3) is 0.435. The van der Waals surface area contributed by atoms with Crippen molar-refractivity contribution in [2.45, 2.75) is 30.8 Å². The number of nitrogens with two attached hydrogens (primary N) is 1. The van der Waals surface area contributed by atoms with Gasteiger partial charge >= 0.3 is 6.03 Å². The predicted molar refractivity (Wildman–Crippen MR) is 128 cm³/mol. The number of carbonyl (C=O) groups is 1. The lowest BCUT2D eigenvalue weighted by molar-refractivity contribution is 0.159. The highest BCUT2D eigenvalue weighted by molar-refractivity contribution is 8.06. The largest absolute Gasteiger partial charge is 0.497 e. The number of sulfonamides is 1. The van der Waals surface area contributed by atoms with Crippen LogP contribution >= 0.6 is 0 Å². The highest BCUT2D eigenvalue weighted by atomic mass is 32.3. The third-order valence-electron chi connectivity index (χ3n) is 6.25. The third kappa shape index (κ3) is 5.06. The second kappa shape index (κ2) is 8.86. The molecular weight excluding hydrogens is 478 g/mol. The van der Waals surface area contributed by atoms with Crippen molar-refractivity contribution >= 4 is 25.9 Å². The summed E-state index contributed by atoms with van der Waals surface area (Å²) in [6.45, 7) is -0.216. The van der Waals surface area contributed by atoms with Gasteiger partial charge in [-0.15, -0.1) is 0 Å². The summed E-state index contributed by atoms with van der Waals surface area (Å²) >= 11 is 0. The van der Waals surface area contributed by atoms with E-state index in [0.29, 0.717) is 28.0 Å². The number of methoxy groups -OCH3 is 1. The average molecular weight is 508 g/mol. The van der Waals surface area contributed by atoms with Crippen LogP contribution in [0.3, 0.4) is 0 Å². The van der Waals surface area contributed by atoms with Crippen molar-refractivity contribution < 1.29 is 26.4 Å². The van der Waals surface area contributed by atoms with Crippen LogP contribution in [-0.4, -0.2) is 63.6 Å². The minimum absolute atomic E-state index is 0.150. The van der Waals surface area contributed by atoms with Crippen molar-refractivity contribution in [3.05, 3.63) is 65.2 Å². The molecule has 1 saturated heterocycles. The van der Waals surface area contributed by atoms with Gasteiger partial charge in [-0.2, -0.15) is 0 Å². The Labute approximate surface area is 200 Å². The minimum atomic E-state index is -4.42. The van der Waals surface area contributed by atoms with Gasteiger partial charge in [-0.25, -0.2) is 25.9 Å². The monoisotopic (exact) mass is 507 g/mol. The van der Waals surface area contributed by atoms with Gasteiger partial charge in [0.2, 0.25) is 0 Å². The lowest BCUT2D eigenvalue weighted by Gasteiger charge is -2.33. The number of ether oxygens (including phenoxy) is 1. The smallest absolute Gasteiger partial charge is 0.335 e. The molecule has 9 nitrogen and oxygen atoms in total. The van der Waals surface area contributed by atoms with E-state index >= 15 is 0 Å². The number of hydrogen-bond acceptors (Lipinski definition) is 7. The van der Waals surface area contributed by atoms with E-state index < -0.39 is 36.6 Å². The van der Waals surface area contributed by atoms with Gasteiger partial charge in [-0.1, -0.05) is 36.4 Å². The van der Waals surface area contributed by atoms with Gasteiger partial charge in [0.25, 0.3) is 10.0 Å². The highest BCUT2D eigenvalue weighted by Gasteiger charge is 2.52. The van der Waals surface area contributed by atoms with E-state index in [-0.39, 0.29) is 13.1 Å².